The highest BCUT2D eigenvalue weighted by molar-refractivity contribution is 9.10. The van der Waals surface area contributed by atoms with E-state index in [1.807, 2.05) is 13.8 Å². The van der Waals surface area contributed by atoms with Gasteiger partial charge in [-0.15, -0.1) is 0 Å². The van der Waals surface area contributed by atoms with Gasteiger partial charge in [0.15, 0.2) is 6.04 Å². The number of hydrogen-bond acceptors (Lipinski definition) is 2. The molecule has 0 aliphatic rings. The summed E-state index contributed by atoms with van der Waals surface area (Å²) in [5.41, 5.74) is 0.288. The fourth-order valence-corrected chi connectivity index (χ4v) is 1.89. The molecular weight excluding hydrogens is 307 g/mol. The van der Waals surface area contributed by atoms with Crippen molar-refractivity contribution in [2.45, 2.75) is 25.9 Å². The number of carbonyl (C=O) groups excluding carboxylic acids is 1. The van der Waals surface area contributed by atoms with E-state index in [1.165, 1.54) is 0 Å². The van der Waals surface area contributed by atoms with Gasteiger partial charge in [-0.3, -0.25) is 4.79 Å². The number of aliphatic carboxylic acids is 1. The van der Waals surface area contributed by atoms with Gasteiger partial charge in [-0.2, -0.15) is 0 Å². The second-order valence-corrected chi connectivity index (χ2v) is 4.98. The number of alkyl halides is 1. The van der Waals surface area contributed by atoms with Crippen molar-refractivity contribution in [3.63, 3.8) is 0 Å². The molecule has 0 aliphatic heterocycles. The molecule has 0 fully saturated rings. The summed E-state index contributed by atoms with van der Waals surface area (Å²) in [5.74, 6) is -2.01. The van der Waals surface area contributed by atoms with E-state index in [0.29, 0.717) is 4.47 Å². The topological polar surface area (TPSA) is 71.3 Å². The number of aromatic nitrogens is 1. The Labute approximate surface area is 112 Å². The van der Waals surface area contributed by atoms with Crippen LogP contribution in [0.4, 0.5) is 4.39 Å². The van der Waals surface area contributed by atoms with Gasteiger partial charge in [0.05, 0.1) is 0 Å². The van der Waals surface area contributed by atoms with Crippen LogP contribution in [0.25, 0.3) is 0 Å². The lowest BCUT2D eigenvalue weighted by Gasteiger charge is -2.14. The van der Waals surface area contributed by atoms with E-state index in [0.717, 1.165) is 0 Å². The number of hydrogen-bond donors (Lipinski definition) is 2. The molecule has 0 bridgehead atoms. The largest absolute Gasteiger partial charge is 0.480 e. The van der Waals surface area contributed by atoms with E-state index in [4.69, 9.17) is 5.11 Å². The minimum absolute atomic E-state index is 0.0331. The van der Waals surface area contributed by atoms with E-state index < -0.39 is 24.6 Å². The molecule has 18 heavy (non-hydrogen) atoms. The molecule has 1 rings (SSSR count). The Balaban J connectivity index is 2.93. The maximum Gasteiger partial charge on any atom is 0.328 e. The summed E-state index contributed by atoms with van der Waals surface area (Å²) in [6, 6.07) is 0.0735. The summed E-state index contributed by atoms with van der Waals surface area (Å²) < 4.78 is 14.8. The minimum Gasteiger partial charge on any atom is -0.480 e. The number of halogens is 2. The summed E-state index contributed by atoms with van der Waals surface area (Å²) in [5, 5.41) is 10.8. The van der Waals surface area contributed by atoms with E-state index in [9.17, 15) is 14.0 Å². The maximum atomic E-state index is 12.4. The van der Waals surface area contributed by atoms with Crippen LogP contribution in [0.1, 0.15) is 30.4 Å². The Morgan fingerprint density at radius 2 is 2.17 bits per heavy atom. The van der Waals surface area contributed by atoms with Crippen LogP contribution in [0.15, 0.2) is 16.7 Å². The Morgan fingerprint density at radius 3 is 2.61 bits per heavy atom. The first-order chi connectivity index (χ1) is 8.36. The lowest BCUT2D eigenvalue weighted by Crippen LogP contribution is -2.43. The maximum absolute atomic E-state index is 12.4. The third-order valence-corrected chi connectivity index (χ3v) is 2.80. The first kappa shape index (κ1) is 14.7. The van der Waals surface area contributed by atoms with Gasteiger partial charge in [0, 0.05) is 16.7 Å². The highest BCUT2D eigenvalue weighted by atomic mass is 79.9. The smallest absolute Gasteiger partial charge is 0.328 e. The fraction of sp³-hybridized carbons (Fsp3) is 0.455. The lowest BCUT2D eigenvalue weighted by atomic mass is 10.3. The second kappa shape index (κ2) is 5.99. The normalized spacial score (nSPS) is 12.5. The van der Waals surface area contributed by atoms with Crippen LogP contribution in [-0.2, 0) is 4.79 Å². The number of carboxylic acids is 1. The van der Waals surface area contributed by atoms with Crippen molar-refractivity contribution in [3.05, 3.63) is 22.4 Å². The molecule has 1 amide bonds. The molecular formula is C11H14BrFN2O3. The highest BCUT2D eigenvalue weighted by Crippen LogP contribution is 2.19. The minimum atomic E-state index is -1.52. The first-order valence-corrected chi connectivity index (χ1v) is 6.13. The third kappa shape index (κ3) is 3.32. The quantitative estimate of drug-likeness (QED) is 0.871. The van der Waals surface area contributed by atoms with Gasteiger partial charge in [0.25, 0.3) is 5.91 Å². The average molecular weight is 321 g/mol. The summed E-state index contributed by atoms with van der Waals surface area (Å²) in [4.78, 5) is 22.5. The molecule has 1 atom stereocenters. The van der Waals surface area contributed by atoms with Crippen molar-refractivity contribution in [1.29, 1.82) is 0 Å². The van der Waals surface area contributed by atoms with E-state index in [2.05, 4.69) is 21.2 Å². The molecule has 5 nitrogen and oxygen atoms in total. The van der Waals surface area contributed by atoms with Crippen LogP contribution in [0.2, 0.25) is 0 Å². The number of rotatable bonds is 5. The first-order valence-electron chi connectivity index (χ1n) is 5.33. The van der Waals surface area contributed by atoms with E-state index in [1.54, 1.807) is 16.8 Å². The molecule has 0 spiro atoms. The molecule has 1 heterocycles. The van der Waals surface area contributed by atoms with E-state index in [-0.39, 0.29) is 11.7 Å². The zero-order valence-electron chi connectivity index (χ0n) is 9.98. The standard InChI is InChI=1S/C11H14BrFN2O3/c1-6(2)15-5-7(12)3-9(15)10(16)14-8(4-13)11(17)18/h3,5-6,8H,4H2,1-2H3,(H,14,16)(H,17,18). The summed E-state index contributed by atoms with van der Waals surface area (Å²) in [7, 11) is 0. The Bertz CT molecular complexity index is 459. The Morgan fingerprint density at radius 1 is 1.56 bits per heavy atom. The van der Waals surface area contributed by atoms with Crippen molar-refractivity contribution >= 4 is 27.8 Å². The summed E-state index contributed by atoms with van der Waals surface area (Å²) in [6.45, 7) is 2.62. The van der Waals surface area contributed by atoms with Gasteiger partial charge in [0.1, 0.15) is 12.4 Å². The van der Waals surface area contributed by atoms with E-state index >= 15 is 0 Å². The van der Waals surface area contributed by atoms with Crippen LogP contribution < -0.4 is 5.32 Å². The monoisotopic (exact) mass is 320 g/mol. The molecule has 1 unspecified atom stereocenters. The fourth-order valence-electron chi connectivity index (χ4n) is 1.45. The molecule has 1 aromatic heterocycles. The molecule has 1 aromatic rings. The van der Waals surface area contributed by atoms with Crippen molar-refractivity contribution in [2.24, 2.45) is 0 Å². The molecule has 0 radical (unpaired) electrons. The molecule has 0 aromatic carbocycles. The lowest BCUT2D eigenvalue weighted by molar-refractivity contribution is -0.139. The SMILES string of the molecule is CC(C)n1cc(Br)cc1C(=O)NC(CF)C(=O)O. The van der Waals surface area contributed by atoms with Crippen molar-refractivity contribution < 1.29 is 19.1 Å². The van der Waals surface area contributed by atoms with Crippen molar-refractivity contribution in [1.82, 2.24) is 9.88 Å². The number of carboxylic acid groups (broad SMARTS) is 1. The molecule has 7 heteroatoms. The van der Waals surface area contributed by atoms with Crippen LogP contribution in [0.3, 0.4) is 0 Å². The zero-order chi connectivity index (χ0) is 13.9. The molecule has 0 saturated heterocycles. The zero-order valence-corrected chi connectivity index (χ0v) is 11.6. The van der Waals surface area contributed by atoms with Crippen LogP contribution in [-0.4, -0.2) is 34.3 Å². The van der Waals surface area contributed by atoms with Crippen LogP contribution >= 0.6 is 15.9 Å². The molecule has 2 N–H and O–H groups in total. The predicted octanol–water partition coefficient (Wildman–Crippen LogP) is 1.98. The third-order valence-electron chi connectivity index (χ3n) is 2.36. The highest BCUT2D eigenvalue weighted by Gasteiger charge is 2.23. The predicted molar refractivity (Wildman–Crippen MR) is 67.4 cm³/mol. The number of nitrogens with one attached hydrogen (secondary N) is 1. The number of amides is 1. The van der Waals surface area contributed by atoms with Crippen LogP contribution in [0, 0.1) is 0 Å². The van der Waals surface area contributed by atoms with Gasteiger partial charge >= 0.3 is 5.97 Å². The molecule has 100 valence electrons. The van der Waals surface area contributed by atoms with Crippen LogP contribution in [0.5, 0.6) is 0 Å². The van der Waals surface area contributed by atoms with Crippen molar-refractivity contribution in [2.75, 3.05) is 6.67 Å². The van der Waals surface area contributed by atoms with Gasteiger partial charge < -0.3 is 15.0 Å². The average Bonchev–Trinajstić information content (AvgIpc) is 2.67. The Kier molecular flexibility index (Phi) is 4.89. The molecule has 0 saturated carbocycles. The Hall–Kier alpha value is -1.37. The number of nitrogens with zero attached hydrogens (tertiary/aromatic N) is 1. The van der Waals surface area contributed by atoms with Gasteiger partial charge in [-0.05, 0) is 35.8 Å². The number of carbonyl (C=O) groups is 2. The second-order valence-electron chi connectivity index (χ2n) is 4.06. The van der Waals surface area contributed by atoms with Gasteiger partial charge in [-0.1, -0.05) is 0 Å². The van der Waals surface area contributed by atoms with Crippen molar-refractivity contribution in [3.8, 4) is 0 Å². The van der Waals surface area contributed by atoms with Gasteiger partial charge in [0.2, 0.25) is 0 Å². The summed E-state index contributed by atoms with van der Waals surface area (Å²) in [6.07, 6.45) is 1.71. The summed E-state index contributed by atoms with van der Waals surface area (Å²) >= 11 is 3.24. The molecule has 0 aliphatic carbocycles. The van der Waals surface area contributed by atoms with Gasteiger partial charge in [-0.25, -0.2) is 9.18 Å².